The van der Waals surface area contributed by atoms with Crippen molar-refractivity contribution in [3.8, 4) is 0 Å². The normalized spacial score (nSPS) is 12.5. The number of hydrogen-bond donors (Lipinski definition) is 1. The first-order valence-corrected chi connectivity index (χ1v) is 7.41. The summed E-state index contributed by atoms with van der Waals surface area (Å²) in [5.41, 5.74) is 3.76. The SMILES string of the molecule is CCCC(C)N(C)c1nc(C)cc(C)c1CNCC. The molecule has 108 valence electrons. The average molecular weight is 263 g/mol. The quantitative estimate of drug-likeness (QED) is 0.817. The van der Waals surface area contributed by atoms with E-state index in [1.807, 2.05) is 0 Å². The van der Waals surface area contributed by atoms with E-state index in [9.17, 15) is 0 Å². The molecule has 3 heteroatoms. The van der Waals surface area contributed by atoms with Gasteiger partial charge in [-0.1, -0.05) is 20.3 Å². The molecule has 1 aromatic rings. The van der Waals surface area contributed by atoms with Gasteiger partial charge >= 0.3 is 0 Å². The van der Waals surface area contributed by atoms with E-state index < -0.39 is 0 Å². The Hall–Kier alpha value is -1.09. The Balaban J connectivity index is 3.08. The van der Waals surface area contributed by atoms with Crippen molar-refractivity contribution in [1.29, 1.82) is 0 Å². The average Bonchev–Trinajstić information content (AvgIpc) is 2.36. The Morgan fingerprint density at radius 1 is 1.32 bits per heavy atom. The third-order valence-corrected chi connectivity index (χ3v) is 3.71. The first-order valence-electron chi connectivity index (χ1n) is 7.41. The second-order valence-corrected chi connectivity index (χ2v) is 5.41. The molecular weight excluding hydrogens is 234 g/mol. The van der Waals surface area contributed by atoms with Crippen LogP contribution in [0.15, 0.2) is 6.07 Å². The molecule has 19 heavy (non-hydrogen) atoms. The first-order chi connectivity index (χ1) is 9.01. The number of rotatable bonds is 7. The van der Waals surface area contributed by atoms with Gasteiger partial charge in [-0.15, -0.1) is 0 Å². The number of nitrogens with one attached hydrogen (secondary N) is 1. The van der Waals surface area contributed by atoms with Crippen LogP contribution in [0.3, 0.4) is 0 Å². The van der Waals surface area contributed by atoms with Crippen molar-refractivity contribution < 1.29 is 0 Å². The van der Waals surface area contributed by atoms with Gasteiger partial charge in [-0.05, 0) is 45.4 Å². The molecule has 3 nitrogen and oxygen atoms in total. The van der Waals surface area contributed by atoms with Crippen molar-refractivity contribution in [1.82, 2.24) is 10.3 Å². The second-order valence-electron chi connectivity index (χ2n) is 5.41. The lowest BCUT2D eigenvalue weighted by molar-refractivity contribution is 0.605. The predicted molar refractivity (Wildman–Crippen MR) is 83.9 cm³/mol. The number of nitrogens with zero attached hydrogens (tertiary/aromatic N) is 2. The molecule has 0 aliphatic heterocycles. The van der Waals surface area contributed by atoms with Crippen LogP contribution in [-0.2, 0) is 6.54 Å². The summed E-state index contributed by atoms with van der Waals surface area (Å²) in [5.74, 6) is 1.14. The molecular formula is C16H29N3. The summed E-state index contributed by atoms with van der Waals surface area (Å²) in [4.78, 5) is 7.11. The van der Waals surface area contributed by atoms with Crippen molar-refractivity contribution in [2.45, 2.75) is 60.0 Å². The number of pyridine rings is 1. The molecule has 0 aliphatic rings. The van der Waals surface area contributed by atoms with E-state index >= 15 is 0 Å². The van der Waals surface area contributed by atoms with Gasteiger partial charge in [0, 0.05) is 30.9 Å². The third-order valence-electron chi connectivity index (χ3n) is 3.71. The van der Waals surface area contributed by atoms with Crippen LogP contribution >= 0.6 is 0 Å². The number of hydrogen-bond acceptors (Lipinski definition) is 3. The van der Waals surface area contributed by atoms with E-state index in [1.165, 1.54) is 24.0 Å². The topological polar surface area (TPSA) is 28.2 Å². The standard InChI is InChI=1S/C16H29N3/c1-7-9-14(5)19(6)16-15(11-17-8-2)12(3)10-13(4)18-16/h10,14,17H,7-9,11H2,1-6H3. The largest absolute Gasteiger partial charge is 0.357 e. The molecule has 1 aromatic heterocycles. The maximum atomic E-state index is 4.78. The molecule has 0 amide bonds. The summed E-state index contributed by atoms with van der Waals surface area (Å²) in [5, 5.41) is 3.42. The highest BCUT2D eigenvalue weighted by Crippen LogP contribution is 2.24. The minimum atomic E-state index is 0.527. The summed E-state index contributed by atoms with van der Waals surface area (Å²) >= 11 is 0. The van der Waals surface area contributed by atoms with E-state index in [2.05, 4.69) is 57.9 Å². The van der Waals surface area contributed by atoms with Gasteiger partial charge < -0.3 is 10.2 Å². The maximum Gasteiger partial charge on any atom is 0.133 e. The molecule has 0 fully saturated rings. The van der Waals surface area contributed by atoms with Crippen molar-refractivity contribution >= 4 is 5.82 Å². The number of aryl methyl sites for hydroxylation is 2. The van der Waals surface area contributed by atoms with Gasteiger partial charge in [0.1, 0.15) is 5.82 Å². The van der Waals surface area contributed by atoms with Gasteiger partial charge in [0.2, 0.25) is 0 Å². The van der Waals surface area contributed by atoms with Gasteiger partial charge in [0.15, 0.2) is 0 Å². The molecule has 1 heterocycles. The number of aromatic nitrogens is 1. The van der Waals surface area contributed by atoms with Crippen molar-refractivity contribution in [3.63, 3.8) is 0 Å². The lowest BCUT2D eigenvalue weighted by Crippen LogP contribution is -2.31. The minimum absolute atomic E-state index is 0.527. The van der Waals surface area contributed by atoms with Crippen LogP contribution in [0.2, 0.25) is 0 Å². The Bertz CT molecular complexity index is 401. The molecule has 0 saturated heterocycles. The minimum Gasteiger partial charge on any atom is -0.357 e. The van der Waals surface area contributed by atoms with Crippen molar-refractivity contribution in [2.24, 2.45) is 0 Å². The third kappa shape index (κ3) is 4.20. The van der Waals surface area contributed by atoms with Crippen LogP contribution in [0.4, 0.5) is 5.82 Å². The Labute approximate surface area is 118 Å². The van der Waals surface area contributed by atoms with E-state index in [0.29, 0.717) is 6.04 Å². The highest BCUT2D eigenvalue weighted by molar-refractivity contribution is 5.51. The highest BCUT2D eigenvalue weighted by atomic mass is 15.2. The predicted octanol–water partition coefficient (Wildman–Crippen LogP) is 3.43. The molecule has 1 rings (SSSR count). The molecule has 0 spiro atoms. The van der Waals surface area contributed by atoms with Crippen molar-refractivity contribution in [3.05, 3.63) is 22.9 Å². The van der Waals surface area contributed by atoms with E-state index in [-0.39, 0.29) is 0 Å². The summed E-state index contributed by atoms with van der Waals surface area (Å²) in [7, 11) is 2.16. The first kappa shape index (κ1) is 16.0. The van der Waals surface area contributed by atoms with E-state index in [4.69, 9.17) is 4.98 Å². The summed E-state index contributed by atoms with van der Waals surface area (Å²) in [6, 6.07) is 2.70. The van der Waals surface area contributed by atoms with Gasteiger partial charge in [-0.2, -0.15) is 0 Å². The Morgan fingerprint density at radius 2 is 2.00 bits per heavy atom. The number of anilines is 1. The van der Waals surface area contributed by atoms with Crippen LogP contribution in [0.5, 0.6) is 0 Å². The molecule has 0 aromatic carbocycles. The lowest BCUT2D eigenvalue weighted by Gasteiger charge is -2.29. The zero-order valence-electron chi connectivity index (χ0n) is 13.4. The molecule has 1 N–H and O–H groups in total. The fraction of sp³-hybridized carbons (Fsp3) is 0.688. The Morgan fingerprint density at radius 3 is 2.58 bits per heavy atom. The smallest absolute Gasteiger partial charge is 0.133 e. The van der Waals surface area contributed by atoms with Gasteiger partial charge in [-0.25, -0.2) is 4.98 Å². The van der Waals surface area contributed by atoms with Gasteiger partial charge in [-0.3, -0.25) is 0 Å². The lowest BCUT2D eigenvalue weighted by atomic mass is 10.1. The zero-order chi connectivity index (χ0) is 14.4. The molecule has 1 unspecified atom stereocenters. The van der Waals surface area contributed by atoms with Crippen molar-refractivity contribution in [2.75, 3.05) is 18.5 Å². The molecule has 0 radical (unpaired) electrons. The monoisotopic (exact) mass is 263 g/mol. The highest BCUT2D eigenvalue weighted by Gasteiger charge is 2.16. The Kier molecular flexibility index (Phi) is 6.29. The summed E-state index contributed by atoms with van der Waals surface area (Å²) < 4.78 is 0. The van der Waals surface area contributed by atoms with Crippen LogP contribution in [0.25, 0.3) is 0 Å². The molecule has 1 atom stereocenters. The zero-order valence-corrected chi connectivity index (χ0v) is 13.4. The summed E-state index contributed by atoms with van der Waals surface area (Å²) in [6.07, 6.45) is 2.41. The van der Waals surface area contributed by atoms with E-state index in [1.54, 1.807) is 0 Å². The van der Waals surface area contributed by atoms with Gasteiger partial charge in [0.25, 0.3) is 0 Å². The maximum absolute atomic E-state index is 4.78. The van der Waals surface area contributed by atoms with E-state index in [0.717, 1.165) is 24.6 Å². The van der Waals surface area contributed by atoms with Crippen LogP contribution in [0, 0.1) is 13.8 Å². The fourth-order valence-electron chi connectivity index (χ4n) is 2.42. The van der Waals surface area contributed by atoms with Crippen LogP contribution in [0.1, 0.15) is 50.4 Å². The fourth-order valence-corrected chi connectivity index (χ4v) is 2.42. The van der Waals surface area contributed by atoms with Gasteiger partial charge in [0.05, 0.1) is 0 Å². The molecule has 0 saturated carbocycles. The molecule has 0 bridgehead atoms. The van der Waals surface area contributed by atoms with Crippen LogP contribution < -0.4 is 10.2 Å². The van der Waals surface area contributed by atoms with Crippen LogP contribution in [-0.4, -0.2) is 24.6 Å². The summed E-state index contributed by atoms with van der Waals surface area (Å²) in [6.45, 7) is 12.8. The second kappa shape index (κ2) is 7.49. The molecule has 0 aliphatic carbocycles.